The van der Waals surface area contributed by atoms with E-state index in [4.69, 9.17) is 5.73 Å². The number of halogens is 5. The Morgan fingerprint density at radius 3 is 2.39 bits per heavy atom. The lowest BCUT2D eigenvalue weighted by molar-refractivity contribution is -0.176. The summed E-state index contributed by atoms with van der Waals surface area (Å²) in [7, 11) is 0. The number of nitrogens with one attached hydrogen (secondary N) is 1. The minimum atomic E-state index is -4.46. The third-order valence-corrected chi connectivity index (χ3v) is 3.90. The lowest BCUT2D eigenvalue weighted by Gasteiger charge is -2.26. The van der Waals surface area contributed by atoms with Gasteiger partial charge in [0.1, 0.15) is 23.9 Å². The molecule has 1 aliphatic heterocycles. The molecule has 3 N–H and O–H groups in total. The van der Waals surface area contributed by atoms with Crippen LogP contribution in [0, 0.1) is 11.6 Å². The summed E-state index contributed by atoms with van der Waals surface area (Å²) in [6, 6.07) is 9.43. The van der Waals surface area contributed by atoms with Crippen molar-refractivity contribution in [2.75, 3.05) is 11.6 Å². The highest BCUT2D eigenvalue weighted by Gasteiger charge is 2.31. The Balaban J connectivity index is 1.90. The van der Waals surface area contributed by atoms with Crippen molar-refractivity contribution in [2.45, 2.75) is 25.4 Å². The quantitative estimate of drug-likeness (QED) is 0.744. The third kappa shape index (κ3) is 5.06. The first-order chi connectivity index (χ1) is 13.0. The second kappa shape index (κ2) is 7.50. The molecule has 0 aliphatic carbocycles. The fourth-order valence-electron chi connectivity index (χ4n) is 2.85. The van der Waals surface area contributed by atoms with E-state index >= 15 is 0 Å². The molecular weight excluding hydrogens is 381 g/mol. The summed E-state index contributed by atoms with van der Waals surface area (Å²) in [4.78, 5) is 0. The summed E-state index contributed by atoms with van der Waals surface area (Å²) < 4.78 is 68.7. The van der Waals surface area contributed by atoms with E-state index < -0.39 is 36.7 Å². The molecule has 0 spiro atoms. The first-order valence-electron chi connectivity index (χ1n) is 8.32. The summed E-state index contributed by atoms with van der Waals surface area (Å²) >= 11 is 0. The average molecular weight is 399 g/mol. The van der Waals surface area contributed by atoms with Gasteiger partial charge in [-0.2, -0.15) is 13.2 Å². The van der Waals surface area contributed by atoms with Crippen LogP contribution in [0.25, 0.3) is 5.70 Å². The topological polar surface area (TPSA) is 50.5 Å². The lowest BCUT2D eigenvalue weighted by atomic mass is 10.1. The Bertz CT molecular complexity index is 878. The van der Waals surface area contributed by atoms with Gasteiger partial charge < -0.3 is 10.5 Å². The van der Waals surface area contributed by atoms with E-state index in [1.807, 2.05) is 0 Å². The smallest absolute Gasteiger partial charge is 0.367 e. The molecular formula is C19H18F5N3O. The summed E-state index contributed by atoms with van der Waals surface area (Å²) in [5, 5.41) is 1.56. The standard InChI is InChI=1S/C19H18F5N3O/c1-18(25)9-17(27(26-18)16-4-2-14(20)3-5-16)13-6-12(7-15(21)8-13)10-28-11-19(22,23)24/h2-9,26H,10-11,25H2,1H3. The molecule has 4 nitrogen and oxygen atoms in total. The molecule has 3 rings (SSSR count). The van der Waals surface area contributed by atoms with Crippen LogP contribution in [0.5, 0.6) is 0 Å². The minimum absolute atomic E-state index is 0.241. The number of hydrogen-bond acceptors (Lipinski definition) is 4. The molecule has 9 heteroatoms. The van der Waals surface area contributed by atoms with Crippen molar-refractivity contribution in [2.24, 2.45) is 5.73 Å². The largest absolute Gasteiger partial charge is 0.411 e. The second-order valence-corrected chi connectivity index (χ2v) is 6.69. The third-order valence-electron chi connectivity index (χ3n) is 3.90. The number of nitrogens with zero attached hydrogens (tertiary/aromatic N) is 1. The zero-order valence-corrected chi connectivity index (χ0v) is 14.9. The van der Waals surface area contributed by atoms with Crippen molar-refractivity contribution < 1.29 is 26.7 Å². The van der Waals surface area contributed by atoms with E-state index in [0.717, 1.165) is 6.07 Å². The van der Waals surface area contributed by atoms with Gasteiger partial charge in [0.25, 0.3) is 0 Å². The Morgan fingerprint density at radius 2 is 1.75 bits per heavy atom. The van der Waals surface area contributed by atoms with Gasteiger partial charge in [0, 0.05) is 5.56 Å². The van der Waals surface area contributed by atoms with E-state index in [0.29, 0.717) is 16.9 Å². The van der Waals surface area contributed by atoms with Crippen LogP contribution in [-0.4, -0.2) is 18.4 Å². The molecule has 1 unspecified atom stereocenters. The molecule has 1 heterocycles. The zero-order chi connectivity index (χ0) is 20.5. The molecule has 0 fully saturated rings. The Kier molecular flexibility index (Phi) is 5.42. The molecule has 150 valence electrons. The van der Waals surface area contributed by atoms with Crippen molar-refractivity contribution in [3.05, 3.63) is 71.3 Å². The van der Waals surface area contributed by atoms with Crippen molar-refractivity contribution in [3.8, 4) is 0 Å². The van der Waals surface area contributed by atoms with Gasteiger partial charge in [-0.05, 0) is 61.0 Å². The maximum absolute atomic E-state index is 14.1. The van der Waals surface area contributed by atoms with Crippen molar-refractivity contribution in [1.29, 1.82) is 0 Å². The molecule has 0 bridgehead atoms. The summed E-state index contributed by atoms with van der Waals surface area (Å²) in [6.07, 6.45) is -2.82. The van der Waals surface area contributed by atoms with E-state index in [2.05, 4.69) is 10.2 Å². The molecule has 1 aliphatic rings. The Morgan fingerprint density at radius 1 is 1.07 bits per heavy atom. The molecule has 0 aromatic heterocycles. The maximum atomic E-state index is 14.1. The minimum Gasteiger partial charge on any atom is -0.367 e. The second-order valence-electron chi connectivity index (χ2n) is 6.69. The van der Waals surface area contributed by atoms with Crippen molar-refractivity contribution in [3.63, 3.8) is 0 Å². The number of ether oxygens (including phenoxy) is 1. The number of hydrogen-bond donors (Lipinski definition) is 2. The van der Waals surface area contributed by atoms with Crippen LogP contribution in [0.15, 0.2) is 48.5 Å². The van der Waals surface area contributed by atoms with Crippen LogP contribution in [0.3, 0.4) is 0 Å². The van der Waals surface area contributed by atoms with Crippen molar-refractivity contribution >= 4 is 11.4 Å². The predicted molar refractivity (Wildman–Crippen MR) is 94.7 cm³/mol. The van der Waals surface area contributed by atoms with Gasteiger partial charge in [-0.1, -0.05) is 0 Å². The zero-order valence-electron chi connectivity index (χ0n) is 14.9. The molecule has 0 saturated carbocycles. The van der Waals surface area contributed by atoms with E-state index in [9.17, 15) is 22.0 Å². The normalized spacial score (nSPS) is 19.8. The van der Waals surface area contributed by atoms with Gasteiger partial charge in [0.05, 0.1) is 18.0 Å². The maximum Gasteiger partial charge on any atom is 0.411 e. The van der Waals surface area contributed by atoms with Crippen LogP contribution in [0.1, 0.15) is 18.1 Å². The fraction of sp³-hybridized carbons (Fsp3) is 0.263. The highest BCUT2D eigenvalue weighted by molar-refractivity contribution is 5.81. The predicted octanol–water partition coefficient (Wildman–Crippen LogP) is 4.08. The average Bonchev–Trinajstić information content (AvgIpc) is 2.90. The number of alkyl halides is 3. The molecule has 1 atom stereocenters. The van der Waals surface area contributed by atoms with Gasteiger partial charge >= 0.3 is 6.18 Å². The van der Waals surface area contributed by atoms with E-state index in [1.165, 1.54) is 36.4 Å². The highest BCUT2D eigenvalue weighted by atomic mass is 19.4. The number of hydrazine groups is 1. The van der Waals surface area contributed by atoms with Crippen LogP contribution in [0.4, 0.5) is 27.6 Å². The first kappa shape index (κ1) is 20.2. The molecule has 2 aromatic rings. The van der Waals surface area contributed by atoms with Crippen LogP contribution in [-0.2, 0) is 11.3 Å². The summed E-state index contributed by atoms with van der Waals surface area (Å²) in [5.74, 6) is -1.05. The van der Waals surface area contributed by atoms with Crippen LogP contribution >= 0.6 is 0 Å². The van der Waals surface area contributed by atoms with Crippen molar-refractivity contribution in [1.82, 2.24) is 5.43 Å². The lowest BCUT2D eigenvalue weighted by Crippen LogP contribution is -2.51. The summed E-state index contributed by atoms with van der Waals surface area (Å²) in [5.41, 5.74) is 9.82. The number of rotatable bonds is 5. The van der Waals surface area contributed by atoms with Gasteiger partial charge in [-0.15, -0.1) is 0 Å². The van der Waals surface area contributed by atoms with E-state index in [-0.39, 0.29) is 5.56 Å². The number of benzene rings is 2. The molecule has 2 aromatic carbocycles. The highest BCUT2D eigenvalue weighted by Crippen LogP contribution is 2.32. The monoisotopic (exact) mass is 399 g/mol. The number of anilines is 1. The molecule has 0 saturated heterocycles. The fourth-order valence-corrected chi connectivity index (χ4v) is 2.85. The van der Waals surface area contributed by atoms with Gasteiger partial charge in [-0.3, -0.25) is 5.01 Å². The Labute approximate surface area is 158 Å². The van der Waals surface area contributed by atoms with E-state index in [1.54, 1.807) is 18.0 Å². The van der Waals surface area contributed by atoms with Gasteiger partial charge in [0.2, 0.25) is 0 Å². The molecule has 0 radical (unpaired) electrons. The summed E-state index contributed by atoms with van der Waals surface area (Å²) in [6.45, 7) is -0.143. The van der Waals surface area contributed by atoms with Gasteiger partial charge in [0.15, 0.2) is 0 Å². The Hall–Kier alpha value is -2.49. The number of nitrogens with two attached hydrogens (primary N) is 1. The molecule has 0 amide bonds. The van der Waals surface area contributed by atoms with Crippen LogP contribution < -0.4 is 16.2 Å². The SMILES string of the molecule is CC1(N)C=C(c2cc(F)cc(COCC(F)(F)F)c2)N(c2ccc(F)cc2)N1. The van der Waals surface area contributed by atoms with Gasteiger partial charge in [-0.25, -0.2) is 14.2 Å². The van der Waals surface area contributed by atoms with Crippen LogP contribution in [0.2, 0.25) is 0 Å². The molecule has 28 heavy (non-hydrogen) atoms. The first-order valence-corrected chi connectivity index (χ1v) is 8.32.